The topological polar surface area (TPSA) is 70.0 Å². The number of halogens is 1. The van der Waals surface area contributed by atoms with E-state index in [1.807, 2.05) is 17.9 Å². The third kappa shape index (κ3) is 3.31. The molecule has 0 amide bonds. The van der Waals surface area contributed by atoms with Crippen molar-refractivity contribution < 1.29 is 19.7 Å². The minimum absolute atomic E-state index is 0.157. The summed E-state index contributed by atoms with van der Waals surface area (Å²) >= 11 is 3.38. The highest BCUT2D eigenvalue weighted by molar-refractivity contribution is 9.10. The molecule has 110 valence electrons. The van der Waals surface area contributed by atoms with E-state index >= 15 is 0 Å². The molecular weight excluding hydrogens is 326 g/mol. The van der Waals surface area contributed by atoms with E-state index in [0.29, 0.717) is 19.7 Å². The van der Waals surface area contributed by atoms with Gasteiger partial charge in [-0.1, -0.05) is 22.9 Å². The molecule has 2 unspecified atom stereocenters. The maximum atomic E-state index is 11.2. The van der Waals surface area contributed by atoms with E-state index in [-0.39, 0.29) is 18.4 Å². The third-order valence-electron chi connectivity index (χ3n) is 3.66. The van der Waals surface area contributed by atoms with E-state index < -0.39 is 11.9 Å². The zero-order chi connectivity index (χ0) is 14.7. The molecule has 2 N–H and O–H groups in total. The van der Waals surface area contributed by atoms with Gasteiger partial charge in [-0.25, -0.2) is 0 Å². The molecule has 1 fully saturated rings. The average Bonchev–Trinajstić information content (AvgIpc) is 2.89. The van der Waals surface area contributed by atoms with E-state index in [1.54, 1.807) is 12.1 Å². The van der Waals surface area contributed by atoms with Crippen LogP contribution in [0.25, 0.3) is 0 Å². The molecule has 1 aromatic carbocycles. The molecule has 1 saturated heterocycles. The van der Waals surface area contributed by atoms with Crippen molar-refractivity contribution in [1.29, 1.82) is 0 Å². The Kier molecular flexibility index (Phi) is 5.01. The lowest BCUT2D eigenvalue weighted by atomic mass is 10.0. The fraction of sp³-hybridized carbons (Fsp3) is 0.500. The van der Waals surface area contributed by atoms with Crippen molar-refractivity contribution in [3.63, 3.8) is 0 Å². The molecule has 0 radical (unpaired) electrons. The van der Waals surface area contributed by atoms with Crippen molar-refractivity contribution >= 4 is 21.9 Å². The second kappa shape index (κ2) is 6.56. The number of rotatable bonds is 5. The summed E-state index contributed by atoms with van der Waals surface area (Å²) in [6.07, 6.45) is 0. The highest BCUT2D eigenvalue weighted by Crippen LogP contribution is 2.27. The highest BCUT2D eigenvalue weighted by atomic mass is 79.9. The quantitative estimate of drug-likeness (QED) is 0.856. The number of phenolic OH excluding ortho intramolecular Hbond substituents is 1. The summed E-state index contributed by atoms with van der Waals surface area (Å²) in [5.74, 6) is -1.12. The van der Waals surface area contributed by atoms with Crippen molar-refractivity contribution in [2.24, 2.45) is 5.92 Å². The van der Waals surface area contributed by atoms with Crippen LogP contribution in [-0.4, -0.2) is 46.9 Å². The SMILES string of the molecule is CCN(Cc1cc(Br)ccc1O)C1COCC1C(=O)O. The van der Waals surface area contributed by atoms with Crippen LogP contribution in [0, 0.1) is 5.92 Å². The molecular formula is C14H18BrNO4. The number of hydrogen-bond donors (Lipinski definition) is 2. The standard InChI is InChI=1S/C14H18BrNO4/c1-2-16(12-8-20-7-11(12)14(18)19)6-9-5-10(15)3-4-13(9)17/h3-5,11-12,17H,2,6-8H2,1H3,(H,18,19). The van der Waals surface area contributed by atoms with Gasteiger partial charge in [0.25, 0.3) is 0 Å². The number of phenols is 1. The number of aliphatic carboxylic acids is 1. The van der Waals surface area contributed by atoms with Crippen LogP contribution in [-0.2, 0) is 16.1 Å². The summed E-state index contributed by atoms with van der Waals surface area (Å²) in [5, 5.41) is 19.1. The largest absolute Gasteiger partial charge is 0.508 e. The maximum absolute atomic E-state index is 11.2. The monoisotopic (exact) mass is 343 g/mol. The lowest BCUT2D eigenvalue weighted by Crippen LogP contribution is -2.42. The third-order valence-corrected chi connectivity index (χ3v) is 4.15. The minimum Gasteiger partial charge on any atom is -0.508 e. The van der Waals surface area contributed by atoms with E-state index in [0.717, 1.165) is 10.0 Å². The second-order valence-electron chi connectivity index (χ2n) is 4.89. The summed E-state index contributed by atoms with van der Waals surface area (Å²) in [6.45, 7) is 3.84. The first-order valence-electron chi connectivity index (χ1n) is 6.55. The molecule has 0 spiro atoms. The number of likely N-dealkylation sites (N-methyl/N-ethyl adjacent to an activating group) is 1. The van der Waals surface area contributed by atoms with Gasteiger partial charge in [-0.15, -0.1) is 0 Å². The van der Waals surface area contributed by atoms with Crippen LogP contribution in [0.2, 0.25) is 0 Å². The molecule has 1 aromatic rings. The van der Waals surface area contributed by atoms with Gasteiger partial charge in [-0.3, -0.25) is 9.69 Å². The fourth-order valence-electron chi connectivity index (χ4n) is 2.50. The Labute approximate surface area is 126 Å². The number of nitrogens with zero attached hydrogens (tertiary/aromatic N) is 1. The highest BCUT2D eigenvalue weighted by Gasteiger charge is 2.37. The van der Waals surface area contributed by atoms with Crippen LogP contribution < -0.4 is 0 Å². The Morgan fingerprint density at radius 2 is 2.25 bits per heavy atom. The van der Waals surface area contributed by atoms with Gasteiger partial charge in [0, 0.05) is 22.6 Å². The first-order chi connectivity index (χ1) is 9.52. The average molecular weight is 344 g/mol. The van der Waals surface area contributed by atoms with Gasteiger partial charge >= 0.3 is 5.97 Å². The summed E-state index contributed by atoms with van der Waals surface area (Å²) in [4.78, 5) is 13.3. The lowest BCUT2D eigenvalue weighted by Gasteiger charge is -2.29. The van der Waals surface area contributed by atoms with E-state index in [9.17, 15) is 15.0 Å². The number of ether oxygens (including phenoxy) is 1. The van der Waals surface area contributed by atoms with Crippen LogP contribution >= 0.6 is 15.9 Å². The number of hydrogen-bond acceptors (Lipinski definition) is 4. The first-order valence-corrected chi connectivity index (χ1v) is 7.34. The zero-order valence-electron chi connectivity index (χ0n) is 11.3. The molecule has 1 aliphatic rings. The Hall–Kier alpha value is -1.11. The van der Waals surface area contributed by atoms with Crippen molar-refractivity contribution in [1.82, 2.24) is 4.90 Å². The molecule has 1 heterocycles. The zero-order valence-corrected chi connectivity index (χ0v) is 12.8. The van der Waals surface area contributed by atoms with Gasteiger partial charge < -0.3 is 14.9 Å². The molecule has 0 aliphatic carbocycles. The van der Waals surface area contributed by atoms with Crippen LogP contribution in [0.5, 0.6) is 5.75 Å². The van der Waals surface area contributed by atoms with Crippen molar-refractivity contribution in [3.05, 3.63) is 28.2 Å². The van der Waals surface area contributed by atoms with Gasteiger partial charge in [-0.2, -0.15) is 0 Å². The van der Waals surface area contributed by atoms with Crippen LogP contribution in [0.4, 0.5) is 0 Å². The Balaban J connectivity index is 2.16. The van der Waals surface area contributed by atoms with Gasteiger partial charge in [0.1, 0.15) is 5.75 Å². The molecule has 20 heavy (non-hydrogen) atoms. The number of benzene rings is 1. The van der Waals surface area contributed by atoms with Gasteiger partial charge in [0.05, 0.1) is 19.1 Å². The number of carboxylic acid groups (broad SMARTS) is 1. The number of carbonyl (C=O) groups is 1. The summed E-state index contributed by atoms with van der Waals surface area (Å²) < 4.78 is 6.20. The molecule has 0 saturated carbocycles. The lowest BCUT2D eigenvalue weighted by molar-refractivity contribution is -0.143. The van der Waals surface area contributed by atoms with Gasteiger partial charge in [0.15, 0.2) is 0 Å². The normalized spacial score (nSPS) is 22.4. The predicted molar refractivity (Wildman–Crippen MR) is 77.6 cm³/mol. The molecule has 2 atom stereocenters. The summed E-state index contributed by atoms with van der Waals surface area (Å²) in [5.41, 5.74) is 0.775. The second-order valence-corrected chi connectivity index (χ2v) is 5.80. The van der Waals surface area contributed by atoms with E-state index in [1.165, 1.54) is 0 Å². The van der Waals surface area contributed by atoms with Gasteiger partial charge in [-0.05, 0) is 24.7 Å². The summed E-state index contributed by atoms with van der Waals surface area (Å²) in [7, 11) is 0. The molecule has 6 heteroatoms. The van der Waals surface area contributed by atoms with E-state index in [4.69, 9.17) is 4.74 Å². The van der Waals surface area contributed by atoms with Crippen molar-refractivity contribution in [3.8, 4) is 5.75 Å². The number of carboxylic acids is 1. The minimum atomic E-state index is -0.829. The van der Waals surface area contributed by atoms with Crippen molar-refractivity contribution in [2.75, 3.05) is 19.8 Å². The van der Waals surface area contributed by atoms with Crippen LogP contribution in [0.1, 0.15) is 12.5 Å². The Morgan fingerprint density at radius 3 is 2.90 bits per heavy atom. The first kappa shape index (κ1) is 15.3. The molecule has 0 bridgehead atoms. The molecule has 5 nitrogen and oxygen atoms in total. The Bertz CT molecular complexity index is 494. The molecule has 0 aromatic heterocycles. The summed E-state index contributed by atoms with van der Waals surface area (Å²) in [6, 6.07) is 5.10. The van der Waals surface area contributed by atoms with E-state index in [2.05, 4.69) is 15.9 Å². The van der Waals surface area contributed by atoms with Crippen LogP contribution in [0.15, 0.2) is 22.7 Å². The predicted octanol–water partition coefficient (Wildman–Crippen LogP) is 2.08. The smallest absolute Gasteiger partial charge is 0.310 e. The Morgan fingerprint density at radius 1 is 1.50 bits per heavy atom. The van der Waals surface area contributed by atoms with Crippen LogP contribution in [0.3, 0.4) is 0 Å². The van der Waals surface area contributed by atoms with Gasteiger partial charge in [0.2, 0.25) is 0 Å². The molecule has 1 aliphatic heterocycles. The maximum Gasteiger partial charge on any atom is 0.310 e. The van der Waals surface area contributed by atoms with Crippen molar-refractivity contribution in [2.45, 2.75) is 19.5 Å². The fourth-order valence-corrected chi connectivity index (χ4v) is 2.91. The molecule has 2 rings (SSSR count). The number of aromatic hydroxyl groups is 1.